The summed E-state index contributed by atoms with van der Waals surface area (Å²) in [5, 5.41) is 4.62. The Kier molecular flexibility index (Phi) is 10.2. The van der Waals surface area contributed by atoms with Gasteiger partial charge in [-0.3, -0.25) is 14.2 Å². The molecule has 4 rings (SSSR count). The van der Waals surface area contributed by atoms with Crippen molar-refractivity contribution in [1.29, 1.82) is 0 Å². The number of hydrogen-bond donors (Lipinski definition) is 2. The van der Waals surface area contributed by atoms with Crippen molar-refractivity contribution in [2.75, 3.05) is 52.4 Å². The van der Waals surface area contributed by atoms with Crippen LogP contribution in [0.3, 0.4) is 0 Å². The molecule has 1 aliphatic heterocycles. The van der Waals surface area contributed by atoms with Crippen LogP contribution < -0.4 is 10.2 Å². The predicted molar refractivity (Wildman–Crippen MR) is 155 cm³/mol. The molecule has 1 fully saturated rings. The lowest BCUT2D eigenvalue weighted by Crippen LogP contribution is -2.47. The van der Waals surface area contributed by atoms with Gasteiger partial charge in [0, 0.05) is 60.9 Å². The third-order valence-corrected chi connectivity index (χ3v) is 7.75. The maximum absolute atomic E-state index is 13.4. The van der Waals surface area contributed by atoms with Crippen molar-refractivity contribution >= 4 is 46.1 Å². The number of nitrogens with zero attached hydrogens (tertiary/aromatic N) is 3. The van der Waals surface area contributed by atoms with E-state index in [2.05, 4.69) is 26.0 Å². The van der Waals surface area contributed by atoms with Gasteiger partial charge in [0.2, 0.25) is 5.91 Å². The van der Waals surface area contributed by atoms with E-state index in [1.54, 1.807) is 28.8 Å². The number of benzene rings is 2. The van der Waals surface area contributed by atoms with Gasteiger partial charge in [0.25, 0.3) is 5.91 Å². The number of carbonyl (C=O) groups is 2. The van der Waals surface area contributed by atoms with E-state index in [9.17, 15) is 9.59 Å². The van der Waals surface area contributed by atoms with Crippen LogP contribution in [-0.2, 0) is 11.2 Å². The maximum Gasteiger partial charge on any atom is 0.262 e. The molecule has 0 atom stereocenters. The van der Waals surface area contributed by atoms with E-state index in [4.69, 9.17) is 23.4 Å². The Labute approximate surface area is 235 Å². The maximum atomic E-state index is 13.4. The molecule has 0 radical (unpaired) electrons. The molecule has 0 unspecified atom stereocenters. The number of nitrogens with one attached hydrogen (secondary N) is 2. The van der Waals surface area contributed by atoms with E-state index < -0.39 is 0 Å². The second-order valence-corrected chi connectivity index (χ2v) is 10.7. The minimum Gasteiger partial charge on any atom is -0.356 e. The summed E-state index contributed by atoms with van der Waals surface area (Å²) < 4.78 is 1.71. The summed E-state index contributed by atoms with van der Waals surface area (Å²) in [6.45, 7) is 11.7. The highest BCUT2D eigenvalue weighted by molar-refractivity contribution is 6.30. The van der Waals surface area contributed by atoms with E-state index in [1.807, 2.05) is 26.0 Å². The summed E-state index contributed by atoms with van der Waals surface area (Å²) in [7, 11) is 0. The largest absolute Gasteiger partial charge is 0.356 e. The molecule has 1 saturated heterocycles. The molecular formula is C29H37Cl2N5O2. The lowest BCUT2D eigenvalue weighted by molar-refractivity contribution is -0.120. The minimum atomic E-state index is -0.129. The second kappa shape index (κ2) is 13.6. The summed E-state index contributed by atoms with van der Waals surface area (Å²) in [5.41, 5.74) is 4.14. The van der Waals surface area contributed by atoms with Crippen LogP contribution in [0.15, 0.2) is 42.5 Å². The number of piperazine rings is 1. The Balaban J connectivity index is 1.34. The number of carbonyl (C=O) groups excluding carboxylic acids is 2. The van der Waals surface area contributed by atoms with Crippen molar-refractivity contribution in [3.63, 3.8) is 0 Å². The molecule has 0 saturated carbocycles. The zero-order valence-corrected chi connectivity index (χ0v) is 23.7. The zero-order valence-electron chi connectivity index (χ0n) is 22.2. The van der Waals surface area contributed by atoms with Crippen molar-refractivity contribution in [1.82, 2.24) is 24.5 Å². The lowest BCUT2D eigenvalue weighted by atomic mass is 10.1. The van der Waals surface area contributed by atoms with E-state index in [0.717, 1.165) is 86.4 Å². The molecule has 2 N–H and O–H groups in total. The van der Waals surface area contributed by atoms with Crippen LogP contribution >= 0.6 is 23.4 Å². The first-order valence-electron chi connectivity index (χ1n) is 13.3. The lowest BCUT2D eigenvalue weighted by Gasteiger charge is -2.34. The Morgan fingerprint density at radius 1 is 0.895 bits per heavy atom. The summed E-state index contributed by atoms with van der Waals surface area (Å²) in [5.74, 6) is -0.152. The van der Waals surface area contributed by atoms with Crippen molar-refractivity contribution < 1.29 is 9.59 Å². The number of halogens is 2. The molecule has 1 aliphatic rings. The number of hydrogen-bond acceptors (Lipinski definition) is 5. The Bertz CT molecular complexity index is 1250. The summed E-state index contributed by atoms with van der Waals surface area (Å²) in [6.07, 6.45) is 2.21. The Morgan fingerprint density at radius 3 is 2.16 bits per heavy atom. The van der Waals surface area contributed by atoms with E-state index in [0.29, 0.717) is 17.1 Å². The fraction of sp³-hybridized carbons (Fsp3) is 0.448. The fourth-order valence-corrected chi connectivity index (χ4v) is 5.42. The standard InChI is InChI=1S/C29H37Cl2N5O2/c1-21-5-10-27-26(19-21)25(22(2)36(27)29(38)23-6-8-24(30)9-7-23)20-28(37)32-11-3-13-34-15-17-35(18-16-34)14-4-12-33-31/h5-10,19,33H,3-4,11-18,20H2,1-2H3,(H,32,37). The van der Waals surface area contributed by atoms with Crippen molar-refractivity contribution in [3.05, 3.63) is 69.9 Å². The molecule has 0 spiro atoms. The number of fused-ring (bicyclic) bond motifs is 1. The zero-order chi connectivity index (χ0) is 27.1. The molecule has 2 aromatic carbocycles. The Hall–Kier alpha value is -2.42. The average molecular weight is 559 g/mol. The van der Waals surface area contributed by atoms with Gasteiger partial charge in [-0.1, -0.05) is 23.2 Å². The third kappa shape index (κ3) is 7.16. The molecule has 204 valence electrons. The topological polar surface area (TPSA) is 69.6 Å². The van der Waals surface area contributed by atoms with E-state index in [-0.39, 0.29) is 18.2 Å². The van der Waals surface area contributed by atoms with E-state index in [1.165, 1.54) is 0 Å². The number of rotatable bonds is 11. The number of amides is 1. The molecule has 2 heterocycles. The van der Waals surface area contributed by atoms with Gasteiger partial charge in [0.05, 0.1) is 11.9 Å². The highest BCUT2D eigenvalue weighted by Gasteiger charge is 2.22. The van der Waals surface area contributed by atoms with Crippen LogP contribution in [0.5, 0.6) is 0 Å². The highest BCUT2D eigenvalue weighted by Crippen LogP contribution is 2.28. The number of aryl methyl sites for hydroxylation is 1. The van der Waals surface area contributed by atoms with Crippen LogP contribution in [0.4, 0.5) is 0 Å². The van der Waals surface area contributed by atoms with Gasteiger partial charge in [-0.05, 0) is 93.5 Å². The van der Waals surface area contributed by atoms with Crippen LogP contribution in [0.1, 0.15) is 40.0 Å². The molecule has 38 heavy (non-hydrogen) atoms. The Morgan fingerprint density at radius 2 is 1.53 bits per heavy atom. The van der Waals surface area contributed by atoms with Gasteiger partial charge in [-0.15, -0.1) is 0 Å². The van der Waals surface area contributed by atoms with Crippen LogP contribution in [-0.4, -0.2) is 78.5 Å². The third-order valence-electron chi connectivity index (χ3n) is 7.31. The first-order valence-corrected chi connectivity index (χ1v) is 14.1. The first-order chi connectivity index (χ1) is 18.4. The molecular weight excluding hydrogens is 521 g/mol. The normalized spacial score (nSPS) is 14.7. The molecule has 7 nitrogen and oxygen atoms in total. The van der Waals surface area contributed by atoms with Crippen LogP contribution in [0.2, 0.25) is 5.02 Å². The SMILES string of the molecule is Cc1ccc2c(c1)c(CC(=O)NCCCN1CCN(CCCNCl)CC1)c(C)n2C(=O)c1ccc(Cl)cc1. The second-order valence-electron chi connectivity index (χ2n) is 10.0. The highest BCUT2D eigenvalue weighted by atomic mass is 35.5. The molecule has 0 aliphatic carbocycles. The smallest absolute Gasteiger partial charge is 0.262 e. The molecule has 1 aromatic heterocycles. The predicted octanol–water partition coefficient (Wildman–Crippen LogP) is 4.40. The average Bonchev–Trinajstić information content (AvgIpc) is 3.17. The van der Waals surface area contributed by atoms with Crippen LogP contribution in [0.25, 0.3) is 10.9 Å². The van der Waals surface area contributed by atoms with E-state index >= 15 is 0 Å². The van der Waals surface area contributed by atoms with Gasteiger partial charge in [-0.25, -0.2) is 4.84 Å². The summed E-state index contributed by atoms with van der Waals surface area (Å²) in [6, 6.07) is 12.9. The fourth-order valence-electron chi connectivity index (χ4n) is 5.16. The molecule has 9 heteroatoms. The monoisotopic (exact) mass is 557 g/mol. The summed E-state index contributed by atoms with van der Waals surface area (Å²) in [4.78, 5) is 34.0. The quantitative estimate of drug-likeness (QED) is 0.270. The van der Waals surface area contributed by atoms with Crippen molar-refractivity contribution in [2.45, 2.75) is 33.1 Å². The first kappa shape index (κ1) is 28.6. The van der Waals surface area contributed by atoms with Crippen molar-refractivity contribution in [2.24, 2.45) is 0 Å². The summed E-state index contributed by atoms with van der Waals surface area (Å²) >= 11 is 11.6. The van der Waals surface area contributed by atoms with Crippen LogP contribution in [0, 0.1) is 13.8 Å². The molecule has 3 aromatic rings. The number of aromatic nitrogens is 1. The van der Waals surface area contributed by atoms with Gasteiger partial charge in [0.15, 0.2) is 0 Å². The van der Waals surface area contributed by atoms with Gasteiger partial charge >= 0.3 is 0 Å². The molecule has 1 amide bonds. The van der Waals surface area contributed by atoms with Gasteiger partial charge in [-0.2, -0.15) is 0 Å². The molecule has 0 bridgehead atoms. The van der Waals surface area contributed by atoms with Gasteiger partial charge < -0.3 is 15.1 Å². The minimum absolute atomic E-state index is 0.0229. The van der Waals surface area contributed by atoms with Crippen molar-refractivity contribution in [3.8, 4) is 0 Å². The van der Waals surface area contributed by atoms with Gasteiger partial charge in [0.1, 0.15) is 0 Å².